The molecule has 2 N–H and O–H groups in total. The summed E-state index contributed by atoms with van der Waals surface area (Å²) in [5, 5.41) is 13.8. The average molecular weight is 415 g/mol. The molecule has 0 aromatic heterocycles. The Morgan fingerprint density at radius 2 is 1.63 bits per heavy atom. The molecule has 1 aliphatic heterocycles. The smallest absolute Gasteiger partial charge is 0.217 e. The molecule has 3 rings (SSSR count). The van der Waals surface area contributed by atoms with Crippen molar-refractivity contribution in [1.82, 2.24) is 5.32 Å². The minimum Gasteiger partial charge on any atom is -0.388 e. The Morgan fingerprint density at radius 3 is 2.20 bits per heavy atom. The number of hydrogen-bond acceptors (Lipinski definition) is 6. The minimum absolute atomic E-state index is 0.161. The number of methoxy groups -OCH3 is 1. The van der Waals surface area contributed by atoms with Gasteiger partial charge in [-0.2, -0.15) is 0 Å². The first-order chi connectivity index (χ1) is 14.6. The molecular formula is C23H29NO6. The van der Waals surface area contributed by atoms with Crippen LogP contribution in [0.15, 0.2) is 60.7 Å². The lowest BCUT2D eigenvalue weighted by atomic mass is 9.96. The van der Waals surface area contributed by atoms with E-state index in [9.17, 15) is 9.90 Å². The van der Waals surface area contributed by atoms with Crippen LogP contribution < -0.4 is 5.32 Å². The first kappa shape index (κ1) is 22.4. The number of ether oxygens (including phenoxy) is 4. The van der Waals surface area contributed by atoms with E-state index in [0.29, 0.717) is 6.61 Å². The van der Waals surface area contributed by atoms with E-state index in [2.05, 4.69) is 5.32 Å². The maximum atomic E-state index is 11.7. The van der Waals surface area contributed by atoms with Gasteiger partial charge in [-0.05, 0) is 11.1 Å². The molecule has 0 aliphatic carbocycles. The molecule has 1 heterocycles. The summed E-state index contributed by atoms with van der Waals surface area (Å²) in [5.74, 6) is -0.259. The number of carbonyl (C=O) groups is 1. The lowest BCUT2D eigenvalue weighted by molar-refractivity contribution is -0.274. The number of benzene rings is 2. The normalized spacial score (nSPS) is 26.3. The second kappa shape index (κ2) is 11.2. The van der Waals surface area contributed by atoms with Crippen molar-refractivity contribution in [2.24, 2.45) is 0 Å². The van der Waals surface area contributed by atoms with Gasteiger partial charge in [0.25, 0.3) is 0 Å². The number of hydrogen-bond donors (Lipinski definition) is 2. The van der Waals surface area contributed by atoms with E-state index in [-0.39, 0.29) is 19.1 Å². The Hall–Kier alpha value is -2.29. The minimum atomic E-state index is -1.01. The Kier molecular flexibility index (Phi) is 8.36. The largest absolute Gasteiger partial charge is 0.388 e. The van der Waals surface area contributed by atoms with Crippen molar-refractivity contribution >= 4 is 5.91 Å². The molecule has 1 aliphatic rings. The van der Waals surface area contributed by atoms with Gasteiger partial charge < -0.3 is 29.4 Å². The fourth-order valence-corrected chi connectivity index (χ4v) is 3.48. The molecular weight excluding hydrogens is 386 g/mol. The third-order valence-electron chi connectivity index (χ3n) is 4.95. The highest BCUT2D eigenvalue weighted by molar-refractivity contribution is 5.73. The van der Waals surface area contributed by atoms with Crippen LogP contribution in [0.25, 0.3) is 0 Å². The van der Waals surface area contributed by atoms with Crippen LogP contribution in [0.5, 0.6) is 0 Å². The Bertz CT molecular complexity index is 772. The van der Waals surface area contributed by atoms with Crippen LogP contribution in [0, 0.1) is 0 Å². The van der Waals surface area contributed by atoms with Gasteiger partial charge in [0.05, 0.1) is 19.8 Å². The standard InChI is InChI=1S/C23H29NO6/c1-16(25)24-20-22(29-14-18-11-7-4-8-12-18)21(26)19(30-23(20)27-2)15-28-13-17-9-5-3-6-10-17/h3-12,19-23,26H,13-15H2,1-2H3,(H,24,25)/t19-,20-,21-,22-,23-/m1/s1. The lowest BCUT2D eigenvalue weighted by Gasteiger charge is -2.44. The van der Waals surface area contributed by atoms with Crippen LogP contribution in [-0.2, 0) is 37.0 Å². The number of carbonyl (C=O) groups excluding carboxylic acids is 1. The molecule has 162 valence electrons. The molecule has 1 fully saturated rings. The maximum absolute atomic E-state index is 11.7. The zero-order chi connectivity index (χ0) is 21.3. The number of amides is 1. The van der Waals surface area contributed by atoms with Crippen LogP contribution >= 0.6 is 0 Å². The Balaban J connectivity index is 1.68. The molecule has 0 spiro atoms. The summed E-state index contributed by atoms with van der Waals surface area (Å²) >= 11 is 0. The summed E-state index contributed by atoms with van der Waals surface area (Å²) in [4.78, 5) is 11.7. The highest BCUT2D eigenvalue weighted by Crippen LogP contribution is 2.26. The summed E-state index contributed by atoms with van der Waals surface area (Å²) in [6.45, 7) is 2.25. The lowest BCUT2D eigenvalue weighted by Crippen LogP contribution is -2.65. The van der Waals surface area contributed by atoms with Crippen molar-refractivity contribution in [2.75, 3.05) is 13.7 Å². The van der Waals surface area contributed by atoms with Crippen LogP contribution in [0.4, 0.5) is 0 Å². The monoisotopic (exact) mass is 415 g/mol. The van der Waals surface area contributed by atoms with E-state index in [1.807, 2.05) is 60.7 Å². The molecule has 0 radical (unpaired) electrons. The van der Waals surface area contributed by atoms with Crippen molar-refractivity contribution in [3.05, 3.63) is 71.8 Å². The van der Waals surface area contributed by atoms with Gasteiger partial charge in [0.2, 0.25) is 5.91 Å². The number of rotatable bonds is 9. The molecule has 2 aromatic carbocycles. The third-order valence-corrected chi connectivity index (χ3v) is 4.95. The zero-order valence-electron chi connectivity index (χ0n) is 17.3. The first-order valence-electron chi connectivity index (χ1n) is 9.99. The van der Waals surface area contributed by atoms with E-state index >= 15 is 0 Å². The summed E-state index contributed by atoms with van der Waals surface area (Å²) in [6, 6.07) is 18.7. The third kappa shape index (κ3) is 6.10. The predicted octanol–water partition coefficient (Wildman–Crippen LogP) is 2.03. The molecule has 2 aromatic rings. The second-order valence-electron chi connectivity index (χ2n) is 7.26. The van der Waals surface area contributed by atoms with Gasteiger partial charge in [-0.25, -0.2) is 0 Å². The highest BCUT2D eigenvalue weighted by Gasteiger charge is 2.46. The zero-order valence-corrected chi connectivity index (χ0v) is 17.3. The van der Waals surface area contributed by atoms with Crippen molar-refractivity contribution in [3.63, 3.8) is 0 Å². The average Bonchev–Trinajstić information content (AvgIpc) is 2.76. The van der Waals surface area contributed by atoms with Gasteiger partial charge >= 0.3 is 0 Å². The molecule has 0 unspecified atom stereocenters. The van der Waals surface area contributed by atoms with Crippen LogP contribution in [0.3, 0.4) is 0 Å². The molecule has 1 saturated heterocycles. The van der Waals surface area contributed by atoms with E-state index in [0.717, 1.165) is 11.1 Å². The topological polar surface area (TPSA) is 86.2 Å². The van der Waals surface area contributed by atoms with E-state index < -0.39 is 30.6 Å². The molecule has 0 saturated carbocycles. The highest BCUT2D eigenvalue weighted by atomic mass is 16.7. The van der Waals surface area contributed by atoms with Gasteiger partial charge in [-0.3, -0.25) is 4.79 Å². The van der Waals surface area contributed by atoms with Crippen LogP contribution in [-0.4, -0.2) is 55.4 Å². The molecule has 7 heteroatoms. The second-order valence-corrected chi connectivity index (χ2v) is 7.26. The SMILES string of the molecule is CO[C@@H]1O[C@H](COCc2ccccc2)[C@@H](O)[C@H](OCc2ccccc2)[C@H]1NC(C)=O. The van der Waals surface area contributed by atoms with Gasteiger partial charge in [-0.15, -0.1) is 0 Å². The first-order valence-corrected chi connectivity index (χ1v) is 9.99. The quantitative estimate of drug-likeness (QED) is 0.652. The Morgan fingerprint density at radius 1 is 1.03 bits per heavy atom. The van der Waals surface area contributed by atoms with E-state index in [1.54, 1.807) is 0 Å². The van der Waals surface area contributed by atoms with Crippen molar-refractivity contribution in [1.29, 1.82) is 0 Å². The fraction of sp³-hybridized carbons (Fsp3) is 0.435. The maximum Gasteiger partial charge on any atom is 0.217 e. The Labute approximate surface area is 176 Å². The van der Waals surface area contributed by atoms with Crippen LogP contribution in [0.1, 0.15) is 18.1 Å². The fourth-order valence-electron chi connectivity index (χ4n) is 3.48. The van der Waals surface area contributed by atoms with Gasteiger partial charge in [-0.1, -0.05) is 60.7 Å². The molecule has 0 bridgehead atoms. The van der Waals surface area contributed by atoms with Gasteiger partial charge in [0.1, 0.15) is 24.4 Å². The number of aliphatic hydroxyl groups excluding tert-OH is 1. The van der Waals surface area contributed by atoms with E-state index in [1.165, 1.54) is 14.0 Å². The summed E-state index contributed by atoms with van der Waals surface area (Å²) in [7, 11) is 1.49. The van der Waals surface area contributed by atoms with Crippen LogP contribution in [0.2, 0.25) is 0 Å². The molecule has 1 amide bonds. The number of nitrogens with one attached hydrogen (secondary N) is 1. The molecule has 5 atom stereocenters. The van der Waals surface area contributed by atoms with E-state index in [4.69, 9.17) is 18.9 Å². The molecule has 30 heavy (non-hydrogen) atoms. The van der Waals surface area contributed by atoms with Gasteiger partial charge in [0, 0.05) is 14.0 Å². The number of aliphatic hydroxyl groups is 1. The molecule has 7 nitrogen and oxygen atoms in total. The van der Waals surface area contributed by atoms with Crippen molar-refractivity contribution < 1.29 is 28.8 Å². The predicted molar refractivity (Wildman–Crippen MR) is 110 cm³/mol. The summed E-state index contributed by atoms with van der Waals surface area (Å²) in [5.41, 5.74) is 1.99. The summed E-state index contributed by atoms with van der Waals surface area (Å²) in [6.07, 6.45) is -3.17. The van der Waals surface area contributed by atoms with Crippen molar-refractivity contribution in [2.45, 2.75) is 50.8 Å². The summed E-state index contributed by atoms with van der Waals surface area (Å²) < 4.78 is 23.1. The van der Waals surface area contributed by atoms with Gasteiger partial charge in [0.15, 0.2) is 6.29 Å². The van der Waals surface area contributed by atoms with Crippen molar-refractivity contribution in [3.8, 4) is 0 Å².